The van der Waals surface area contributed by atoms with Gasteiger partial charge >= 0.3 is 5.97 Å². The van der Waals surface area contributed by atoms with Gasteiger partial charge in [-0.25, -0.2) is 9.18 Å². The van der Waals surface area contributed by atoms with Crippen molar-refractivity contribution in [2.24, 2.45) is 0 Å². The standard InChI is InChI=1S/C13H23FO2/c1-4-5-6-7-8-9-12(14)10-16-13(15)11(2)3/h12H,2,4-10H2,1,3H3. The predicted octanol–water partition coefficient (Wildman–Crippen LogP) is 3.80. The third-order valence-electron chi connectivity index (χ3n) is 2.36. The highest BCUT2D eigenvalue weighted by atomic mass is 19.1. The van der Waals surface area contributed by atoms with Crippen molar-refractivity contribution in [3.05, 3.63) is 12.2 Å². The van der Waals surface area contributed by atoms with Crippen molar-refractivity contribution in [2.45, 2.75) is 58.5 Å². The molecular weight excluding hydrogens is 207 g/mol. The second-order valence-corrected chi connectivity index (χ2v) is 4.18. The van der Waals surface area contributed by atoms with Crippen molar-refractivity contribution in [1.82, 2.24) is 0 Å². The molecule has 0 saturated heterocycles. The van der Waals surface area contributed by atoms with Crippen LogP contribution in [0.1, 0.15) is 52.4 Å². The Morgan fingerprint density at radius 3 is 2.50 bits per heavy atom. The van der Waals surface area contributed by atoms with E-state index in [1.165, 1.54) is 12.8 Å². The lowest BCUT2D eigenvalue weighted by Crippen LogP contribution is -2.15. The highest BCUT2D eigenvalue weighted by Crippen LogP contribution is 2.10. The third kappa shape index (κ3) is 8.45. The lowest BCUT2D eigenvalue weighted by atomic mass is 10.1. The zero-order chi connectivity index (χ0) is 12.4. The molecule has 94 valence electrons. The Kier molecular flexibility index (Phi) is 8.87. The Morgan fingerprint density at radius 1 is 1.31 bits per heavy atom. The van der Waals surface area contributed by atoms with Crippen LogP contribution in [0.3, 0.4) is 0 Å². The van der Waals surface area contributed by atoms with Gasteiger partial charge in [0.1, 0.15) is 12.8 Å². The summed E-state index contributed by atoms with van der Waals surface area (Å²) >= 11 is 0. The van der Waals surface area contributed by atoms with Gasteiger partial charge in [0.15, 0.2) is 0 Å². The van der Waals surface area contributed by atoms with Crippen molar-refractivity contribution in [2.75, 3.05) is 6.61 Å². The minimum Gasteiger partial charge on any atom is -0.459 e. The molecular formula is C13H23FO2. The summed E-state index contributed by atoms with van der Waals surface area (Å²) in [5, 5.41) is 0. The van der Waals surface area contributed by atoms with Crippen molar-refractivity contribution in [3.63, 3.8) is 0 Å². The Labute approximate surface area is 97.9 Å². The van der Waals surface area contributed by atoms with Gasteiger partial charge in [0.25, 0.3) is 0 Å². The van der Waals surface area contributed by atoms with E-state index in [4.69, 9.17) is 4.74 Å². The molecule has 0 aliphatic heterocycles. The van der Waals surface area contributed by atoms with Crippen LogP contribution in [0.5, 0.6) is 0 Å². The molecule has 3 heteroatoms. The minimum absolute atomic E-state index is 0.139. The van der Waals surface area contributed by atoms with E-state index in [1.54, 1.807) is 6.92 Å². The Balaban J connectivity index is 3.41. The number of ether oxygens (including phenoxy) is 1. The molecule has 0 amide bonds. The van der Waals surface area contributed by atoms with E-state index in [1.807, 2.05) is 0 Å². The summed E-state index contributed by atoms with van der Waals surface area (Å²) in [6.45, 7) is 7.00. The number of carbonyl (C=O) groups excluding carboxylic acids is 1. The van der Waals surface area contributed by atoms with Crippen LogP contribution in [0.4, 0.5) is 4.39 Å². The molecule has 0 rings (SSSR count). The number of halogens is 1. The Bertz CT molecular complexity index is 214. The monoisotopic (exact) mass is 230 g/mol. The van der Waals surface area contributed by atoms with E-state index in [0.717, 1.165) is 19.3 Å². The molecule has 0 bridgehead atoms. The number of carbonyl (C=O) groups is 1. The molecule has 1 unspecified atom stereocenters. The zero-order valence-corrected chi connectivity index (χ0v) is 10.4. The van der Waals surface area contributed by atoms with E-state index in [2.05, 4.69) is 13.5 Å². The van der Waals surface area contributed by atoms with Gasteiger partial charge in [0.2, 0.25) is 0 Å². The average molecular weight is 230 g/mol. The summed E-state index contributed by atoms with van der Waals surface area (Å²) < 4.78 is 18.0. The summed E-state index contributed by atoms with van der Waals surface area (Å²) in [5.41, 5.74) is 0.315. The van der Waals surface area contributed by atoms with Crippen molar-refractivity contribution in [3.8, 4) is 0 Å². The highest BCUT2D eigenvalue weighted by molar-refractivity contribution is 5.86. The largest absolute Gasteiger partial charge is 0.459 e. The maximum atomic E-state index is 13.2. The molecule has 0 N–H and O–H groups in total. The first-order valence-corrected chi connectivity index (χ1v) is 6.04. The molecule has 0 aliphatic carbocycles. The molecule has 0 aromatic carbocycles. The molecule has 2 nitrogen and oxygen atoms in total. The maximum absolute atomic E-state index is 13.2. The molecule has 0 radical (unpaired) electrons. The molecule has 0 aromatic rings. The summed E-state index contributed by atoms with van der Waals surface area (Å²) in [5.74, 6) is -0.506. The van der Waals surface area contributed by atoms with Crippen LogP contribution in [-0.4, -0.2) is 18.7 Å². The molecule has 1 atom stereocenters. The van der Waals surface area contributed by atoms with Gasteiger partial charge in [-0.15, -0.1) is 0 Å². The van der Waals surface area contributed by atoms with Gasteiger partial charge < -0.3 is 4.74 Å². The van der Waals surface area contributed by atoms with E-state index in [-0.39, 0.29) is 6.61 Å². The second kappa shape index (κ2) is 9.37. The minimum atomic E-state index is -1.04. The van der Waals surface area contributed by atoms with E-state index < -0.39 is 12.1 Å². The van der Waals surface area contributed by atoms with E-state index >= 15 is 0 Å². The highest BCUT2D eigenvalue weighted by Gasteiger charge is 2.10. The lowest BCUT2D eigenvalue weighted by Gasteiger charge is -2.09. The number of esters is 1. The van der Waals surface area contributed by atoms with Crippen molar-refractivity contribution >= 4 is 5.97 Å². The SMILES string of the molecule is C=C(C)C(=O)OCC(F)CCCCCCC. The van der Waals surface area contributed by atoms with E-state index in [0.29, 0.717) is 12.0 Å². The molecule has 0 heterocycles. The Morgan fingerprint density at radius 2 is 1.94 bits per heavy atom. The van der Waals surface area contributed by atoms with Crippen LogP contribution in [0.25, 0.3) is 0 Å². The molecule has 0 fully saturated rings. The fraction of sp³-hybridized carbons (Fsp3) is 0.769. The quantitative estimate of drug-likeness (QED) is 0.342. The number of alkyl halides is 1. The summed E-state index contributed by atoms with van der Waals surface area (Å²) in [6, 6.07) is 0. The first-order chi connectivity index (χ1) is 7.57. The third-order valence-corrected chi connectivity index (χ3v) is 2.36. The zero-order valence-electron chi connectivity index (χ0n) is 10.4. The number of unbranched alkanes of at least 4 members (excludes halogenated alkanes) is 4. The fourth-order valence-electron chi connectivity index (χ4n) is 1.34. The molecule has 0 aromatic heterocycles. The van der Waals surface area contributed by atoms with Crippen LogP contribution < -0.4 is 0 Å². The Hall–Kier alpha value is -0.860. The summed E-state index contributed by atoms with van der Waals surface area (Å²) in [4.78, 5) is 11.0. The van der Waals surface area contributed by atoms with Gasteiger partial charge in [0, 0.05) is 5.57 Å². The first kappa shape index (κ1) is 15.1. The van der Waals surface area contributed by atoms with Crippen LogP contribution in [-0.2, 0) is 9.53 Å². The summed E-state index contributed by atoms with van der Waals surface area (Å²) in [7, 11) is 0. The first-order valence-electron chi connectivity index (χ1n) is 6.04. The summed E-state index contributed by atoms with van der Waals surface area (Å²) in [6.07, 6.45) is 4.93. The van der Waals surface area contributed by atoms with Crippen molar-refractivity contribution < 1.29 is 13.9 Å². The molecule has 16 heavy (non-hydrogen) atoms. The van der Waals surface area contributed by atoms with Crippen LogP contribution >= 0.6 is 0 Å². The topological polar surface area (TPSA) is 26.3 Å². The van der Waals surface area contributed by atoms with Crippen LogP contribution in [0.2, 0.25) is 0 Å². The number of hydrogen-bond acceptors (Lipinski definition) is 2. The predicted molar refractivity (Wildman–Crippen MR) is 64.0 cm³/mol. The fourth-order valence-corrected chi connectivity index (χ4v) is 1.34. The smallest absolute Gasteiger partial charge is 0.333 e. The average Bonchev–Trinajstić information content (AvgIpc) is 2.25. The van der Waals surface area contributed by atoms with E-state index in [9.17, 15) is 9.18 Å². The second-order valence-electron chi connectivity index (χ2n) is 4.18. The number of hydrogen-bond donors (Lipinski definition) is 0. The lowest BCUT2D eigenvalue weighted by molar-refractivity contribution is -0.140. The van der Waals surface area contributed by atoms with Gasteiger partial charge in [-0.05, 0) is 13.3 Å². The molecule has 0 spiro atoms. The van der Waals surface area contributed by atoms with Crippen LogP contribution in [0, 0.1) is 0 Å². The van der Waals surface area contributed by atoms with Gasteiger partial charge in [-0.3, -0.25) is 0 Å². The normalized spacial score (nSPS) is 12.2. The van der Waals surface area contributed by atoms with Gasteiger partial charge in [-0.1, -0.05) is 45.6 Å². The maximum Gasteiger partial charge on any atom is 0.333 e. The van der Waals surface area contributed by atoms with Gasteiger partial charge in [0.05, 0.1) is 0 Å². The molecule has 0 saturated carbocycles. The van der Waals surface area contributed by atoms with Gasteiger partial charge in [-0.2, -0.15) is 0 Å². The molecule has 0 aliphatic rings. The van der Waals surface area contributed by atoms with Crippen molar-refractivity contribution in [1.29, 1.82) is 0 Å². The number of rotatable bonds is 9. The van der Waals surface area contributed by atoms with Crippen LogP contribution in [0.15, 0.2) is 12.2 Å².